The molecule has 0 radical (unpaired) electrons. The van der Waals surface area contributed by atoms with Crippen LogP contribution >= 0.6 is 0 Å². The van der Waals surface area contributed by atoms with Gasteiger partial charge in [0.2, 0.25) is 0 Å². The lowest BCUT2D eigenvalue weighted by Crippen LogP contribution is -2.05. The number of carbonyl (C=O) groups excluding carboxylic acids is 2. The van der Waals surface area contributed by atoms with E-state index in [1.54, 1.807) is 13.0 Å². The second kappa shape index (κ2) is 8.29. The summed E-state index contributed by atoms with van der Waals surface area (Å²) in [6.45, 7) is 4.03. The Kier molecular flexibility index (Phi) is 6.64. The van der Waals surface area contributed by atoms with E-state index < -0.39 is 0 Å². The minimum atomic E-state index is -0.288. The molecule has 0 aliphatic carbocycles. The first kappa shape index (κ1) is 15.2. The molecular formula is C15H20O4. The van der Waals surface area contributed by atoms with Gasteiger partial charge in [-0.25, -0.2) is 4.79 Å². The highest BCUT2D eigenvalue weighted by molar-refractivity contribution is 5.89. The molecule has 4 heteroatoms. The first-order chi connectivity index (χ1) is 9.13. The minimum Gasteiger partial charge on any atom is -0.466 e. The van der Waals surface area contributed by atoms with Gasteiger partial charge in [0.1, 0.15) is 0 Å². The number of carbonyl (C=O) groups is 2. The van der Waals surface area contributed by atoms with Crippen LogP contribution < -0.4 is 0 Å². The quantitative estimate of drug-likeness (QED) is 0.561. The van der Waals surface area contributed by atoms with Crippen molar-refractivity contribution in [1.82, 2.24) is 0 Å². The van der Waals surface area contributed by atoms with Gasteiger partial charge < -0.3 is 9.47 Å². The predicted molar refractivity (Wildman–Crippen MR) is 72.0 cm³/mol. The minimum absolute atomic E-state index is 0.246. The highest BCUT2D eigenvalue weighted by Gasteiger charge is 2.06. The molecule has 0 fully saturated rings. The van der Waals surface area contributed by atoms with Crippen LogP contribution in [0.3, 0.4) is 0 Å². The molecular weight excluding hydrogens is 244 g/mol. The van der Waals surface area contributed by atoms with Crippen LogP contribution in [0.4, 0.5) is 0 Å². The molecule has 4 nitrogen and oxygen atoms in total. The third-order valence-corrected chi connectivity index (χ3v) is 2.60. The number of hydrogen-bond acceptors (Lipinski definition) is 4. The maximum Gasteiger partial charge on any atom is 0.338 e. The number of esters is 2. The zero-order chi connectivity index (χ0) is 14.1. The van der Waals surface area contributed by atoms with Gasteiger partial charge in [-0.2, -0.15) is 0 Å². The molecule has 0 spiro atoms. The van der Waals surface area contributed by atoms with Crippen LogP contribution in [0.1, 0.15) is 42.6 Å². The summed E-state index contributed by atoms with van der Waals surface area (Å²) in [6, 6.07) is 7.44. The number of benzene rings is 1. The van der Waals surface area contributed by atoms with E-state index in [2.05, 4.69) is 0 Å². The van der Waals surface area contributed by atoms with Crippen LogP contribution in [0, 0.1) is 0 Å². The lowest BCUT2D eigenvalue weighted by atomic mass is 10.1. The Hall–Kier alpha value is -1.84. The standard InChI is InChI=1S/C15H20O4/c1-3-18-15(17)14-9-6-8-13(11-14)7-4-5-10-19-12(2)16/h6,8-9,11H,3-5,7,10H2,1-2H3. The summed E-state index contributed by atoms with van der Waals surface area (Å²) >= 11 is 0. The molecule has 0 bridgehead atoms. The molecule has 0 amide bonds. The van der Waals surface area contributed by atoms with Gasteiger partial charge >= 0.3 is 11.9 Å². The molecule has 1 aromatic carbocycles. The van der Waals surface area contributed by atoms with Crippen molar-refractivity contribution >= 4 is 11.9 Å². The Morgan fingerprint density at radius 3 is 2.63 bits per heavy atom. The predicted octanol–water partition coefficient (Wildman–Crippen LogP) is 2.75. The van der Waals surface area contributed by atoms with Crippen LogP contribution in [0.25, 0.3) is 0 Å². The van der Waals surface area contributed by atoms with Gasteiger partial charge in [-0.05, 0) is 43.9 Å². The Labute approximate surface area is 113 Å². The second-order valence-corrected chi connectivity index (χ2v) is 4.22. The van der Waals surface area contributed by atoms with Crippen LogP contribution in [0.5, 0.6) is 0 Å². The number of ether oxygens (including phenoxy) is 2. The molecule has 0 unspecified atom stereocenters. The van der Waals surface area contributed by atoms with Crippen LogP contribution in [0.15, 0.2) is 24.3 Å². The number of rotatable bonds is 7. The van der Waals surface area contributed by atoms with Crippen molar-refractivity contribution in [3.8, 4) is 0 Å². The molecule has 0 aliphatic rings. The second-order valence-electron chi connectivity index (χ2n) is 4.22. The molecule has 0 atom stereocenters. The van der Waals surface area contributed by atoms with Gasteiger partial charge in [0.25, 0.3) is 0 Å². The average molecular weight is 264 g/mol. The molecule has 0 heterocycles. The van der Waals surface area contributed by atoms with Crippen molar-refractivity contribution in [2.24, 2.45) is 0 Å². The topological polar surface area (TPSA) is 52.6 Å². The highest BCUT2D eigenvalue weighted by atomic mass is 16.5. The van der Waals surface area contributed by atoms with E-state index in [1.165, 1.54) is 6.92 Å². The lowest BCUT2D eigenvalue weighted by molar-refractivity contribution is -0.141. The zero-order valence-corrected chi connectivity index (χ0v) is 11.5. The van der Waals surface area contributed by atoms with E-state index in [0.29, 0.717) is 18.8 Å². The molecule has 19 heavy (non-hydrogen) atoms. The molecule has 0 N–H and O–H groups in total. The van der Waals surface area contributed by atoms with Crippen molar-refractivity contribution in [3.05, 3.63) is 35.4 Å². The van der Waals surface area contributed by atoms with Gasteiger partial charge in [-0.15, -0.1) is 0 Å². The van der Waals surface area contributed by atoms with Crippen molar-refractivity contribution < 1.29 is 19.1 Å². The van der Waals surface area contributed by atoms with Crippen molar-refractivity contribution in [2.75, 3.05) is 13.2 Å². The molecule has 1 rings (SSSR count). The van der Waals surface area contributed by atoms with E-state index in [4.69, 9.17) is 9.47 Å². The summed E-state index contributed by atoms with van der Waals surface area (Å²) in [5.41, 5.74) is 1.67. The Bertz CT molecular complexity index is 426. The molecule has 0 aliphatic heterocycles. The summed E-state index contributed by atoms with van der Waals surface area (Å²) in [5.74, 6) is -0.534. The number of aryl methyl sites for hydroxylation is 1. The molecule has 104 valence electrons. The van der Waals surface area contributed by atoms with Crippen molar-refractivity contribution in [3.63, 3.8) is 0 Å². The van der Waals surface area contributed by atoms with E-state index in [0.717, 1.165) is 24.8 Å². The Morgan fingerprint density at radius 1 is 1.16 bits per heavy atom. The van der Waals surface area contributed by atoms with Gasteiger partial charge in [0.05, 0.1) is 18.8 Å². The fourth-order valence-electron chi connectivity index (χ4n) is 1.72. The first-order valence-corrected chi connectivity index (χ1v) is 6.53. The summed E-state index contributed by atoms with van der Waals surface area (Å²) in [5, 5.41) is 0. The van der Waals surface area contributed by atoms with Gasteiger partial charge in [0, 0.05) is 6.92 Å². The number of hydrogen-bond donors (Lipinski definition) is 0. The van der Waals surface area contributed by atoms with E-state index in [-0.39, 0.29) is 11.9 Å². The fourth-order valence-corrected chi connectivity index (χ4v) is 1.72. The SMILES string of the molecule is CCOC(=O)c1cccc(CCCCOC(C)=O)c1. The Morgan fingerprint density at radius 2 is 1.95 bits per heavy atom. The van der Waals surface area contributed by atoms with E-state index in [1.807, 2.05) is 18.2 Å². The van der Waals surface area contributed by atoms with E-state index >= 15 is 0 Å². The zero-order valence-electron chi connectivity index (χ0n) is 11.5. The lowest BCUT2D eigenvalue weighted by Gasteiger charge is -2.05. The van der Waals surface area contributed by atoms with Crippen LogP contribution in [-0.4, -0.2) is 25.2 Å². The molecule has 1 aromatic rings. The first-order valence-electron chi connectivity index (χ1n) is 6.53. The maximum atomic E-state index is 11.6. The normalized spacial score (nSPS) is 10.0. The smallest absolute Gasteiger partial charge is 0.338 e. The van der Waals surface area contributed by atoms with Gasteiger partial charge in [-0.3, -0.25) is 4.79 Å². The summed E-state index contributed by atoms with van der Waals surface area (Å²) < 4.78 is 9.82. The monoisotopic (exact) mass is 264 g/mol. The van der Waals surface area contributed by atoms with Crippen molar-refractivity contribution in [1.29, 1.82) is 0 Å². The largest absolute Gasteiger partial charge is 0.466 e. The third-order valence-electron chi connectivity index (χ3n) is 2.60. The molecule has 0 saturated carbocycles. The number of unbranched alkanes of at least 4 members (excludes halogenated alkanes) is 1. The van der Waals surface area contributed by atoms with E-state index in [9.17, 15) is 9.59 Å². The fraction of sp³-hybridized carbons (Fsp3) is 0.467. The Balaban J connectivity index is 2.40. The van der Waals surface area contributed by atoms with Crippen LogP contribution in [0.2, 0.25) is 0 Å². The maximum absolute atomic E-state index is 11.6. The third kappa shape index (κ3) is 6.04. The van der Waals surface area contributed by atoms with Crippen molar-refractivity contribution in [2.45, 2.75) is 33.1 Å². The molecule has 0 aromatic heterocycles. The molecule has 0 saturated heterocycles. The highest BCUT2D eigenvalue weighted by Crippen LogP contribution is 2.10. The summed E-state index contributed by atoms with van der Waals surface area (Å²) in [7, 11) is 0. The van der Waals surface area contributed by atoms with Gasteiger partial charge in [0.15, 0.2) is 0 Å². The van der Waals surface area contributed by atoms with Gasteiger partial charge in [-0.1, -0.05) is 12.1 Å². The summed E-state index contributed by atoms with van der Waals surface area (Å²) in [6.07, 6.45) is 2.59. The van der Waals surface area contributed by atoms with Crippen LogP contribution in [-0.2, 0) is 20.7 Å². The summed E-state index contributed by atoms with van der Waals surface area (Å²) in [4.78, 5) is 22.2. The average Bonchev–Trinajstić information content (AvgIpc) is 2.38.